The van der Waals surface area contributed by atoms with Crippen LogP contribution in [0.2, 0.25) is 0 Å². The van der Waals surface area contributed by atoms with Crippen molar-refractivity contribution in [3.05, 3.63) is 93.9 Å². The van der Waals surface area contributed by atoms with Gasteiger partial charge in [0.2, 0.25) is 5.69 Å². The summed E-state index contributed by atoms with van der Waals surface area (Å²) in [5, 5.41) is 4.00. The number of hydrogen-bond donors (Lipinski definition) is 0. The van der Waals surface area contributed by atoms with Crippen LogP contribution in [0.5, 0.6) is 5.75 Å². The van der Waals surface area contributed by atoms with E-state index in [4.69, 9.17) is 9.47 Å². The Hall–Kier alpha value is -3.74. The lowest BCUT2D eigenvalue weighted by Gasteiger charge is -2.11. The topological polar surface area (TPSA) is 87.5 Å². The van der Waals surface area contributed by atoms with E-state index in [9.17, 15) is 14.4 Å². The van der Waals surface area contributed by atoms with E-state index < -0.39 is 17.1 Å². The summed E-state index contributed by atoms with van der Waals surface area (Å²) in [7, 11) is 0. The smallest absolute Gasteiger partial charge is 0.363 e. The second-order valence-electron chi connectivity index (χ2n) is 6.15. The minimum atomic E-state index is -0.858. The Labute approximate surface area is 167 Å². The Kier molecular flexibility index (Phi) is 6.52. The van der Waals surface area contributed by atoms with Gasteiger partial charge >= 0.3 is 5.97 Å². The Morgan fingerprint density at radius 3 is 2.31 bits per heavy atom. The predicted molar refractivity (Wildman–Crippen MR) is 106 cm³/mol. The van der Waals surface area contributed by atoms with Crippen LogP contribution in [0, 0.1) is 0 Å². The first-order valence-corrected chi connectivity index (χ1v) is 9.12. The fraction of sp³-hybridized carbons (Fsp3) is 0.182. The molecule has 0 aliphatic heterocycles. The number of benzene rings is 2. The van der Waals surface area contributed by atoms with E-state index in [1.54, 1.807) is 31.2 Å². The number of aromatic nitrogens is 2. The summed E-state index contributed by atoms with van der Waals surface area (Å²) in [4.78, 5) is 37.3. The summed E-state index contributed by atoms with van der Waals surface area (Å²) in [5.74, 6) is -1.15. The molecule has 0 atom stereocenters. The van der Waals surface area contributed by atoms with Crippen molar-refractivity contribution in [3.63, 3.8) is 0 Å². The monoisotopic (exact) mass is 392 g/mol. The quantitative estimate of drug-likeness (QED) is 0.433. The van der Waals surface area contributed by atoms with E-state index >= 15 is 0 Å². The van der Waals surface area contributed by atoms with Crippen LogP contribution in [0.4, 0.5) is 0 Å². The van der Waals surface area contributed by atoms with Crippen LogP contribution in [0.3, 0.4) is 0 Å². The molecule has 0 aliphatic rings. The standard InChI is InChI=1S/C22H20N2O5/c1-2-28-22(27)20-21(26)19(29-15-16-9-5-3-6-10-16)14-24(23-20)13-18(25)17-11-7-4-8-12-17/h3-12,14H,2,13,15H2,1H3. The lowest BCUT2D eigenvalue weighted by atomic mass is 10.1. The lowest BCUT2D eigenvalue weighted by molar-refractivity contribution is 0.0512. The first-order valence-electron chi connectivity index (χ1n) is 9.12. The van der Waals surface area contributed by atoms with E-state index in [2.05, 4.69) is 5.10 Å². The van der Waals surface area contributed by atoms with Gasteiger partial charge in [-0.3, -0.25) is 14.3 Å². The minimum absolute atomic E-state index is 0.0761. The molecule has 0 bridgehead atoms. The minimum Gasteiger partial charge on any atom is -0.483 e. The average molecular weight is 392 g/mol. The summed E-state index contributed by atoms with van der Waals surface area (Å²) in [5.41, 5.74) is 0.256. The van der Waals surface area contributed by atoms with Crippen molar-refractivity contribution in [3.8, 4) is 5.75 Å². The maximum Gasteiger partial charge on any atom is 0.363 e. The molecule has 1 aromatic heterocycles. The third-order valence-corrected chi connectivity index (χ3v) is 4.04. The van der Waals surface area contributed by atoms with E-state index in [1.807, 2.05) is 36.4 Å². The molecule has 0 amide bonds. The second-order valence-corrected chi connectivity index (χ2v) is 6.15. The van der Waals surface area contributed by atoms with Crippen LogP contribution in [-0.2, 0) is 17.9 Å². The van der Waals surface area contributed by atoms with Crippen LogP contribution in [-0.4, -0.2) is 28.1 Å². The maximum absolute atomic E-state index is 12.6. The lowest BCUT2D eigenvalue weighted by Crippen LogP contribution is -2.26. The molecule has 2 aromatic carbocycles. The molecule has 7 heteroatoms. The summed E-state index contributed by atoms with van der Waals surface area (Å²) >= 11 is 0. The normalized spacial score (nSPS) is 10.4. The van der Waals surface area contributed by atoms with Gasteiger partial charge in [0.05, 0.1) is 12.8 Å². The van der Waals surface area contributed by atoms with Crippen molar-refractivity contribution in [2.75, 3.05) is 6.61 Å². The highest BCUT2D eigenvalue weighted by molar-refractivity contribution is 5.95. The van der Waals surface area contributed by atoms with Gasteiger partial charge < -0.3 is 9.47 Å². The highest BCUT2D eigenvalue weighted by atomic mass is 16.5. The number of esters is 1. The van der Waals surface area contributed by atoms with Crippen molar-refractivity contribution in [1.82, 2.24) is 9.78 Å². The maximum atomic E-state index is 12.6. The Morgan fingerprint density at radius 2 is 1.66 bits per heavy atom. The van der Waals surface area contributed by atoms with E-state index in [0.29, 0.717) is 5.56 Å². The number of hydrogen-bond acceptors (Lipinski definition) is 6. The molecule has 3 rings (SSSR count). The molecule has 3 aromatic rings. The van der Waals surface area contributed by atoms with Crippen molar-refractivity contribution in [2.45, 2.75) is 20.1 Å². The first kappa shape index (κ1) is 20.0. The van der Waals surface area contributed by atoms with Crippen molar-refractivity contribution in [1.29, 1.82) is 0 Å². The van der Waals surface area contributed by atoms with Gasteiger partial charge in [-0.15, -0.1) is 0 Å². The molecule has 0 saturated heterocycles. The van der Waals surface area contributed by atoms with E-state index in [0.717, 1.165) is 5.56 Å². The third kappa shape index (κ3) is 5.16. The molecule has 148 valence electrons. The number of nitrogens with zero attached hydrogens (tertiary/aromatic N) is 2. The van der Waals surface area contributed by atoms with Crippen molar-refractivity contribution in [2.24, 2.45) is 0 Å². The first-order chi connectivity index (χ1) is 14.1. The average Bonchev–Trinajstić information content (AvgIpc) is 2.75. The highest BCUT2D eigenvalue weighted by Crippen LogP contribution is 2.10. The van der Waals surface area contributed by atoms with Crippen LogP contribution in [0.1, 0.15) is 33.3 Å². The number of carbonyl (C=O) groups is 2. The molecule has 0 N–H and O–H groups in total. The molecule has 29 heavy (non-hydrogen) atoms. The van der Waals surface area contributed by atoms with Crippen LogP contribution < -0.4 is 10.2 Å². The molecule has 0 aliphatic carbocycles. The van der Waals surface area contributed by atoms with Gasteiger partial charge in [-0.05, 0) is 12.5 Å². The Bertz CT molecular complexity index is 1050. The van der Waals surface area contributed by atoms with Crippen molar-refractivity contribution < 1.29 is 19.1 Å². The number of rotatable bonds is 8. The zero-order valence-corrected chi connectivity index (χ0v) is 15.9. The zero-order valence-electron chi connectivity index (χ0n) is 15.9. The number of ether oxygens (including phenoxy) is 2. The molecular formula is C22H20N2O5. The van der Waals surface area contributed by atoms with E-state index in [-0.39, 0.29) is 31.3 Å². The summed E-state index contributed by atoms with van der Waals surface area (Å²) in [6, 6.07) is 18.0. The summed E-state index contributed by atoms with van der Waals surface area (Å²) in [6.07, 6.45) is 1.33. The summed E-state index contributed by atoms with van der Waals surface area (Å²) in [6.45, 7) is 1.70. The second kappa shape index (κ2) is 9.45. The molecule has 0 radical (unpaired) electrons. The molecule has 0 spiro atoms. The SMILES string of the molecule is CCOC(=O)c1nn(CC(=O)c2ccccc2)cc(OCc2ccccc2)c1=O. The van der Waals surface area contributed by atoms with E-state index in [1.165, 1.54) is 10.9 Å². The fourth-order valence-corrected chi connectivity index (χ4v) is 2.63. The Morgan fingerprint density at radius 1 is 1.00 bits per heavy atom. The highest BCUT2D eigenvalue weighted by Gasteiger charge is 2.20. The molecule has 0 unspecified atom stereocenters. The Balaban J connectivity index is 1.90. The van der Waals surface area contributed by atoms with Gasteiger partial charge in [0.25, 0.3) is 5.43 Å². The molecule has 1 heterocycles. The summed E-state index contributed by atoms with van der Waals surface area (Å²) < 4.78 is 11.8. The molecule has 0 saturated carbocycles. The largest absolute Gasteiger partial charge is 0.483 e. The van der Waals surface area contributed by atoms with Crippen LogP contribution >= 0.6 is 0 Å². The fourth-order valence-electron chi connectivity index (χ4n) is 2.63. The molecular weight excluding hydrogens is 372 g/mol. The van der Waals surface area contributed by atoms with Crippen molar-refractivity contribution >= 4 is 11.8 Å². The number of carbonyl (C=O) groups excluding carboxylic acids is 2. The number of ketones is 1. The van der Waals surface area contributed by atoms with Gasteiger partial charge in [-0.25, -0.2) is 4.79 Å². The van der Waals surface area contributed by atoms with Gasteiger partial charge in [0.1, 0.15) is 13.2 Å². The molecule has 7 nitrogen and oxygen atoms in total. The third-order valence-electron chi connectivity index (χ3n) is 4.04. The zero-order chi connectivity index (χ0) is 20.6. The van der Waals surface area contributed by atoms with Crippen LogP contribution in [0.15, 0.2) is 71.7 Å². The predicted octanol–water partition coefficient (Wildman–Crippen LogP) is 2.88. The van der Waals surface area contributed by atoms with Crippen LogP contribution in [0.25, 0.3) is 0 Å². The number of Topliss-reactive ketones (excluding diaryl/α,β-unsaturated/α-hetero) is 1. The molecule has 0 fully saturated rings. The van der Waals surface area contributed by atoms with Gasteiger partial charge in [-0.1, -0.05) is 60.7 Å². The van der Waals surface area contributed by atoms with Gasteiger partial charge in [-0.2, -0.15) is 5.10 Å². The van der Waals surface area contributed by atoms with Gasteiger partial charge in [0, 0.05) is 5.56 Å². The van der Waals surface area contributed by atoms with Gasteiger partial charge in [0.15, 0.2) is 11.5 Å².